The highest BCUT2D eigenvalue weighted by Crippen LogP contribution is 2.25. The molecular weight excluding hydrogens is 358 g/mol. The summed E-state index contributed by atoms with van der Waals surface area (Å²) in [6.07, 6.45) is 0. The smallest absolute Gasteiger partial charge is 0.256 e. The first kappa shape index (κ1) is 20.8. The van der Waals surface area contributed by atoms with Gasteiger partial charge < -0.3 is 15.1 Å². The van der Waals surface area contributed by atoms with Gasteiger partial charge in [-0.05, 0) is 44.2 Å². The molecule has 0 atom stereocenters. The zero-order valence-corrected chi connectivity index (χ0v) is 17.2. The van der Waals surface area contributed by atoms with Crippen molar-refractivity contribution in [3.8, 4) is 0 Å². The number of benzene rings is 2. The Labute approximate surface area is 165 Å². The topological polar surface area (TPSA) is 52.7 Å². The predicted octanol–water partition coefficient (Wildman–Crippen LogP) is 3.97. The van der Waals surface area contributed by atoms with Crippen LogP contribution in [0.1, 0.15) is 24.2 Å². The lowest BCUT2D eigenvalue weighted by Gasteiger charge is -2.23. The first-order chi connectivity index (χ1) is 13.0. The summed E-state index contributed by atoms with van der Waals surface area (Å²) < 4.78 is 0. The van der Waals surface area contributed by atoms with Gasteiger partial charge in [-0.25, -0.2) is 0 Å². The van der Waals surface area contributed by atoms with Crippen LogP contribution in [0.2, 0.25) is 0 Å². The maximum atomic E-state index is 12.9. The number of carbonyl (C=O) groups is 2. The molecule has 0 saturated carbocycles. The van der Waals surface area contributed by atoms with Crippen molar-refractivity contribution >= 4 is 35.0 Å². The van der Waals surface area contributed by atoms with Crippen molar-refractivity contribution < 1.29 is 9.59 Å². The number of carbonyl (C=O) groups excluding carboxylic acids is 2. The van der Waals surface area contributed by atoms with E-state index in [1.165, 1.54) is 11.8 Å². The number of hydrogen-bond acceptors (Lipinski definition) is 4. The fourth-order valence-corrected chi connectivity index (χ4v) is 3.44. The number of hydrogen-bond donors (Lipinski definition) is 1. The summed E-state index contributed by atoms with van der Waals surface area (Å²) in [4.78, 5) is 29.9. The first-order valence-corrected chi connectivity index (χ1v) is 10.0. The van der Waals surface area contributed by atoms with Gasteiger partial charge in [0.05, 0.1) is 11.3 Å². The van der Waals surface area contributed by atoms with Crippen LogP contribution in [0.25, 0.3) is 0 Å². The Hall–Kier alpha value is -2.47. The number of nitrogens with one attached hydrogen (secondary N) is 1. The molecule has 0 unspecified atom stereocenters. The normalized spacial score (nSPS) is 10.4. The van der Waals surface area contributed by atoms with Gasteiger partial charge in [-0.2, -0.15) is 0 Å². The van der Waals surface area contributed by atoms with Crippen LogP contribution in [-0.2, 0) is 4.79 Å². The van der Waals surface area contributed by atoms with Crippen LogP contribution in [0.3, 0.4) is 0 Å². The molecule has 0 radical (unpaired) electrons. The second kappa shape index (κ2) is 10.0. The molecule has 0 fully saturated rings. The molecule has 2 rings (SSSR count). The summed E-state index contributed by atoms with van der Waals surface area (Å²) >= 11 is 1.48. The quantitative estimate of drug-likeness (QED) is 0.699. The Balaban J connectivity index is 2.14. The minimum atomic E-state index is -0.0947. The van der Waals surface area contributed by atoms with Gasteiger partial charge in [-0.15, -0.1) is 11.8 Å². The van der Waals surface area contributed by atoms with Crippen LogP contribution in [0, 0.1) is 0 Å². The van der Waals surface area contributed by atoms with E-state index in [-0.39, 0.29) is 11.8 Å². The van der Waals surface area contributed by atoms with E-state index in [1.54, 1.807) is 11.0 Å². The molecule has 1 N–H and O–H groups in total. The molecule has 0 spiro atoms. The molecule has 144 valence electrons. The van der Waals surface area contributed by atoms with E-state index in [4.69, 9.17) is 0 Å². The second-order valence-electron chi connectivity index (χ2n) is 6.25. The van der Waals surface area contributed by atoms with Crippen molar-refractivity contribution in [2.24, 2.45) is 0 Å². The number of anilines is 2. The number of nitrogens with zero attached hydrogens (tertiary/aromatic N) is 2. The maximum absolute atomic E-state index is 12.9. The highest BCUT2D eigenvalue weighted by Gasteiger charge is 2.19. The van der Waals surface area contributed by atoms with E-state index in [9.17, 15) is 9.59 Å². The van der Waals surface area contributed by atoms with Crippen molar-refractivity contribution in [3.05, 3.63) is 54.1 Å². The summed E-state index contributed by atoms with van der Waals surface area (Å²) in [5, 5.41) is 2.90. The van der Waals surface area contributed by atoms with Crippen molar-refractivity contribution in [2.45, 2.75) is 18.7 Å². The van der Waals surface area contributed by atoms with Crippen LogP contribution >= 0.6 is 11.8 Å². The summed E-state index contributed by atoms with van der Waals surface area (Å²) in [7, 11) is 3.81. The molecule has 0 aromatic heterocycles. The Kier molecular flexibility index (Phi) is 7.73. The lowest BCUT2D eigenvalue weighted by molar-refractivity contribution is -0.113. The van der Waals surface area contributed by atoms with Crippen LogP contribution in [0.5, 0.6) is 0 Å². The molecule has 0 saturated heterocycles. The first-order valence-electron chi connectivity index (χ1n) is 9.04. The summed E-state index contributed by atoms with van der Waals surface area (Å²) in [5.74, 6) is 0.194. The minimum absolute atomic E-state index is 0.0292. The Morgan fingerprint density at radius 1 is 1.00 bits per heavy atom. The van der Waals surface area contributed by atoms with Crippen molar-refractivity contribution in [3.63, 3.8) is 0 Å². The highest BCUT2D eigenvalue weighted by molar-refractivity contribution is 8.00. The third-order valence-corrected chi connectivity index (χ3v) is 5.17. The van der Waals surface area contributed by atoms with Crippen molar-refractivity contribution in [2.75, 3.05) is 43.2 Å². The third kappa shape index (κ3) is 5.76. The fraction of sp³-hybridized carbons (Fsp3) is 0.333. The van der Waals surface area contributed by atoms with E-state index >= 15 is 0 Å². The molecule has 0 aliphatic carbocycles. The van der Waals surface area contributed by atoms with Gasteiger partial charge in [0.1, 0.15) is 0 Å². The monoisotopic (exact) mass is 385 g/mol. The molecule has 6 heteroatoms. The largest absolute Gasteiger partial charge is 0.377 e. The minimum Gasteiger partial charge on any atom is -0.377 e. The lowest BCUT2D eigenvalue weighted by Crippen LogP contribution is -2.31. The molecule has 5 nitrogen and oxygen atoms in total. The van der Waals surface area contributed by atoms with Gasteiger partial charge in [0.2, 0.25) is 5.91 Å². The summed E-state index contributed by atoms with van der Waals surface area (Å²) in [5.41, 5.74) is 2.07. The molecule has 2 amide bonds. The molecule has 2 aromatic carbocycles. The Morgan fingerprint density at radius 2 is 1.67 bits per heavy atom. The average molecular weight is 386 g/mol. The van der Waals surface area contributed by atoms with Gasteiger partial charge in [-0.3, -0.25) is 9.59 Å². The summed E-state index contributed by atoms with van der Waals surface area (Å²) in [6.45, 7) is 5.21. The number of thioether (sulfide) groups is 1. The maximum Gasteiger partial charge on any atom is 0.256 e. The van der Waals surface area contributed by atoms with Crippen LogP contribution in [0.4, 0.5) is 11.4 Å². The third-order valence-electron chi connectivity index (χ3n) is 4.16. The van der Waals surface area contributed by atoms with E-state index in [0.29, 0.717) is 30.1 Å². The zero-order valence-electron chi connectivity index (χ0n) is 16.4. The van der Waals surface area contributed by atoms with E-state index < -0.39 is 0 Å². The molecular formula is C21H27N3O2S. The van der Waals surface area contributed by atoms with E-state index in [2.05, 4.69) is 5.32 Å². The van der Waals surface area contributed by atoms with Crippen molar-refractivity contribution in [1.29, 1.82) is 0 Å². The molecule has 2 aromatic rings. The highest BCUT2D eigenvalue weighted by atomic mass is 32.2. The molecule has 0 aliphatic heterocycles. The molecule has 0 bridgehead atoms. The molecule has 0 heterocycles. The average Bonchev–Trinajstić information content (AvgIpc) is 2.67. The van der Waals surface area contributed by atoms with Gasteiger partial charge in [-0.1, -0.05) is 18.2 Å². The van der Waals surface area contributed by atoms with E-state index in [0.717, 1.165) is 10.6 Å². The Bertz CT molecular complexity index is 774. The van der Waals surface area contributed by atoms with Gasteiger partial charge >= 0.3 is 0 Å². The number of rotatable bonds is 8. The van der Waals surface area contributed by atoms with Crippen LogP contribution < -0.4 is 10.2 Å². The summed E-state index contributed by atoms with van der Waals surface area (Å²) in [6, 6.07) is 15.3. The van der Waals surface area contributed by atoms with Gasteiger partial charge in [0.25, 0.3) is 5.91 Å². The van der Waals surface area contributed by atoms with Crippen LogP contribution in [0.15, 0.2) is 53.4 Å². The molecule has 27 heavy (non-hydrogen) atoms. The Morgan fingerprint density at radius 3 is 2.26 bits per heavy atom. The standard InChI is InChI=1S/C21H27N3O2S/c1-5-24(6-2)21(26)18-14-16(12-13-19(18)23(3)4)22-20(25)15-27-17-10-8-7-9-11-17/h7-14H,5-6,15H2,1-4H3,(H,22,25). The second-order valence-corrected chi connectivity index (χ2v) is 7.30. The van der Waals surface area contributed by atoms with Crippen LogP contribution in [-0.4, -0.2) is 49.7 Å². The molecule has 0 aliphatic rings. The lowest BCUT2D eigenvalue weighted by atomic mass is 10.1. The van der Waals surface area contributed by atoms with Gasteiger partial charge in [0, 0.05) is 43.5 Å². The SMILES string of the molecule is CCN(CC)C(=O)c1cc(NC(=O)CSc2ccccc2)ccc1N(C)C. The zero-order chi connectivity index (χ0) is 19.8. The number of amides is 2. The van der Waals surface area contributed by atoms with Crippen molar-refractivity contribution in [1.82, 2.24) is 4.90 Å². The fourth-order valence-electron chi connectivity index (χ4n) is 2.72. The van der Waals surface area contributed by atoms with Gasteiger partial charge in [0.15, 0.2) is 0 Å². The predicted molar refractivity (Wildman–Crippen MR) is 114 cm³/mol. The van der Waals surface area contributed by atoms with E-state index in [1.807, 2.05) is 75.3 Å².